The number of hydrogen-bond donors (Lipinski definition) is 0. The SMILES string of the molecule is CCOc1ccccc1C(=O)CC(=O)OC(C)C. The van der Waals surface area contributed by atoms with Crippen LogP contribution in [0.25, 0.3) is 0 Å². The minimum absolute atomic E-state index is 0.215. The zero-order valence-electron chi connectivity index (χ0n) is 10.9. The van der Waals surface area contributed by atoms with Gasteiger partial charge in [0.15, 0.2) is 5.78 Å². The van der Waals surface area contributed by atoms with Gasteiger partial charge in [0.25, 0.3) is 0 Å². The molecule has 0 unspecified atom stereocenters. The lowest BCUT2D eigenvalue weighted by Gasteiger charge is -2.10. The fourth-order valence-electron chi connectivity index (χ4n) is 1.51. The summed E-state index contributed by atoms with van der Waals surface area (Å²) in [4.78, 5) is 23.4. The van der Waals surface area contributed by atoms with Gasteiger partial charge in [0.05, 0.1) is 18.3 Å². The lowest BCUT2D eigenvalue weighted by Crippen LogP contribution is -2.16. The normalized spacial score (nSPS) is 10.2. The average Bonchev–Trinajstić information content (AvgIpc) is 2.28. The quantitative estimate of drug-likeness (QED) is 0.442. The molecule has 0 aliphatic carbocycles. The van der Waals surface area contributed by atoms with Gasteiger partial charge in [-0.2, -0.15) is 0 Å². The molecule has 1 rings (SSSR count). The summed E-state index contributed by atoms with van der Waals surface area (Å²) >= 11 is 0. The van der Waals surface area contributed by atoms with Gasteiger partial charge in [-0.15, -0.1) is 0 Å². The van der Waals surface area contributed by atoms with Gasteiger partial charge < -0.3 is 9.47 Å². The highest BCUT2D eigenvalue weighted by Gasteiger charge is 2.17. The molecule has 0 spiro atoms. The molecule has 0 aromatic heterocycles. The van der Waals surface area contributed by atoms with Gasteiger partial charge in [-0.1, -0.05) is 12.1 Å². The molecule has 0 N–H and O–H groups in total. The van der Waals surface area contributed by atoms with Crippen LogP contribution in [-0.2, 0) is 9.53 Å². The molecule has 0 aliphatic heterocycles. The van der Waals surface area contributed by atoms with Crippen LogP contribution in [0.1, 0.15) is 37.6 Å². The van der Waals surface area contributed by atoms with E-state index in [1.165, 1.54) is 0 Å². The van der Waals surface area contributed by atoms with Crippen LogP contribution in [0.4, 0.5) is 0 Å². The zero-order valence-corrected chi connectivity index (χ0v) is 10.9. The summed E-state index contributed by atoms with van der Waals surface area (Å²) < 4.78 is 10.3. The van der Waals surface area contributed by atoms with Crippen molar-refractivity contribution >= 4 is 11.8 Å². The summed E-state index contributed by atoms with van der Waals surface area (Å²) in [5.74, 6) is -0.298. The van der Waals surface area contributed by atoms with E-state index in [2.05, 4.69) is 0 Å². The van der Waals surface area contributed by atoms with Gasteiger partial charge in [-0.05, 0) is 32.9 Å². The van der Waals surface area contributed by atoms with Crippen molar-refractivity contribution in [2.75, 3.05) is 6.61 Å². The third-order valence-electron chi connectivity index (χ3n) is 2.16. The summed E-state index contributed by atoms with van der Waals surface area (Å²) in [6.07, 6.45) is -0.477. The van der Waals surface area contributed by atoms with Crippen molar-refractivity contribution in [3.05, 3.63) is 29.8 Å². The molecule has 1 aromatic rings. The van der Waals surface area contributed by atoms with Crippen molar-refractivity contribution < 1.29 is 19.1 Å². The zero-order chi connectivity index (χ0) is 13.5. The van der Waals surface area contributed by atoms with Crippen molar-refractivity contribution in [2.24, 2.45) is 0 Å². The topological polar surface area (TPSA) is 52.6 Å². The van der Waals surface area contributed by atoms with Gasteiger partial charge in [0.1, 0.15) is 12.2 Å². The minimum Gasteiger partial charge on any atom is -0.493 e. The Labute approximate surface area is 107 Å². The van der Waals surface area contributed by atoms with Crippen molar-refractivity contribution in [3.8, 4) is 5.75 Å². The predicted molar refractivity (Wildman–Crippen MR) is 67.8 cm³/mol. The van der Waals surface area contributed by atoms with Gasteiger partial charge in [0.2, 0.25) is 0 Å². The lowest BCUT2D eigenvalue weighted by atomic mass is 10.1. The molecule has 0 amide bonds. The van der Waals surface area contributed by atoms with E-state index in [-0.39, 0.29) is 18.3 Å². The van der Waals surface area contributed by atoms with Crippen molar-refractivity contribution in [3.63, 3.8) is 0 Å². The predicted octanol–water partition coefficient (Wildman–Crippen LogP) is 2.61. The Morgan fingerprint density at radius 2 is 1.89 bits per heavy atom. The highest BCUT2D eigenvalue weighted by atomic mass is 16.5. The van der Waals surface area contributed by atoms with Gasteiger partial charge in [0, 0.05) is 0 Å². The maximum atomic E-state index is 12.0. The van der Waals surface area contributed by atoms with Crippen molar-refractivity contribution in [1.82, 2.24) is 0 Å². The second kappa shape index (κ2) is 6.79. The van der Waals surface area contributed by atoms with E-state index < -0.39 is 5.97 Å². The van der Waals surface area contributed by atoms with Crippen molar-refractivity contribution in [1.29, 1.82) is 0 Å². The monoisotopic (exact) mass is 250 g/mol. The van der Waals surface area contributed by atoms with Crippen LogP contribution in [0.5, 0.6) is 5.75 Å². The van der Waals surface area contributed by atoms with Gasteiger partial charge in [-0.3, -0.25) is 9.59 Å². The molecule has 0 fully saturated rings. The number of rotatable bonds is 6. The van der Waals surface area contributed by atoms with E-state index in [0.29, 0.717) is 17.9 Å². The summed E-state index contributed by atoms with van der Waals surface area (Å²) in [5.41, 5.74) is 0.417. The second-order valence-electron chi connectivity index (χ2n) is 4.07. The molecule has 0 saturated carbocycles. The number of ether oxygens (including phenoxy) is 2. The fraction of sp³-hybridized carbons (Fsp3) is 0.429. The highest BCUT2D eigenvalue weighted by molar-refractivity contribution is 6.07. The molecule has 98 valence electrons. The van der Waals surface area contributed by atoms with Crippen LogP contribution >= 0.6 is 0 Å². The molecular weight excluding hydrogens is 232 g/mol. The molecule has 4 heteroatoms. The Morgan fingerprint density at radius 1 is 1.22 bits per heavy atom. The second-order valence-corrected chi connectivity index (χ2v) is 4.07. The van der Waals surface area contributed by atoms with Crippen molar-refractivity contribution in [2.45, 2.75) is 33.3 Å². The van der Waals surface area contributed by atoms with Crippen LogP contribution in [0.15, 0.2) is 24.3 Å². The molecule has 0 heterocycles. The summed E-state index contributed by atoms with van der Waals surface area (Å²) in [6.45, 7) is 5.81. The van der Waals surface area contributed by atoms with E-state index in [1.54, 1.807) is 38.1 Å². The number of esters is 1. The minimum atomic E-state index is -0.513. The van der Waals surface area contributed by atoms with E-state index in [9.17, 15) is 9.59 Å². The largest absolute Gasteiger partial charge is 0.493 e. The van der Waals surface area contributed by atoms with Gasteiger partial charge >= 0.3 is 5.97 Å². The summed E-state index contributed by atoms with van der Waals surface area (Å²) in [5, 5.41) is 0. The van der Waals surface area contributed by atoms with E-state index in [0.717, 1.165) is 0 Å². The Bertz CT molecular complexity index is 424. The average molecular weight is 250 g/mol. The summed E-state index contributed by atoms with van der Waals surface area (Å²) in [7, 11) is 0. The molecule has 0 aliphatic rings. The summed E-state index contributed by atoms with van der Waals surface area (Å²) in [6, 6.07) is 6.89. The van der Waals surface area contributed by atoms with E-state index in [1.807, 2.05) is 6.92 Å². The number of Topliss-reactive ketones (excluding diaryl/α,β-unsaturated/α-hetero) is 1. The Hall–Kier alpha value is -1.84. The number of carbonyl (C=O) groups excluding carboxylic acids is 2. The van der Waals surface area contributed by atoms with Crippen LogP contribution in [-0.4, -0.2) is 24.5 Å². The Balaban J connectivity index is 2.75. The number of carbonyl (C=O) groups is 2. The first-order chi connectivity index (χ1) is 8.54. The molecular formula is C14H18O4. The van der Waals surface area contributed by atoms with Crippen LogP contribution < -0.4 is 4.74 Å². The number of ketones is 1. The number of benzene rings is 1. The van der Waals surface area contributed by atoms with Crippen LogP contribution in [0.2, 0.25) is 0 Å². The molecule has 0 radical (unpaired) electrons. The maximum absolute atomic E-state index is 12.0. The van der Waals surface area contributed by atoms with Gasteiger partial charge in [-0.25, -0.2) is 0 Å². The Kier molecular flexibility index (Phi) is 5.36. The number of hydrogen-bond acceptors (Lipinski definition) is 4. The van der Waals surface area contributed by atoms with Crippen LogP contribution in [0, 0.1) is 0 Å². The lowest BCUT2D eigenvalue weighted by molar-refractivity contribution is -0.146. The Morgan fingerprint density at radius 3 is 2.50 bits per heavy atom. The standard InChI is InChI=1S/C14H18O4/c1-4-17-13-8-6-5-7-11(13)12(15)9-14(16)18-10(2)3/h5-8,10H,4,9H2,1-3H3. The number of para-hydroxylation sites is 1. The smallest absolute Gasteiger partial charge is 0.313 e. The molecule has 0 bridgehead atoms. The molecule has 0 atom stereocenters. The highest BCUT2D eigenvalue weighted by Crippen LogP contribution is 2.19. The first kappa shape index (κ1) is 14.2. The first-order valence-corrected chi connectivity index (χ1v) is 5.99. The molecule has 0 saturated heterocycles. The first-order valence-electron chi connectivity index (χ1n) is 5.99. The van der Waals surface area contributed by atoms with E-state index in [4.69, 9.17) is 9.47 Å². The maximum Gasteiger partial charge on any atom is 0.313 e. The van der Waals surface area contributed by atoms with Crippen LogP contribution in [0.3, 0.4) is 0 Å². The molecule has 18 heavy (non-hydrogen) atoms. The third kappa shape index (κ3) is 4.20. The fourth-order valence-corrected chi connectivity index (χ4v) is 1.51. The third-order valence-corrected chi connectivity index (χ3v) is 2.16. The molecule has 1 aromatic carbocycles. The van der Waals surface area contributed by atoms with E-state index >= 15 is 0 Å². The molecule has 4 nitrogen and oxygen atoms in total.